The summed E-state index contributed by atoms with van der Waals surface area (Å²) in [5.41, 5.74) is 2.18. The first kappa shape index (κ1) is 21.7. The first-order valence-corrected chi connectivity index (χ1v) is 10.2. The van der Waals surface area contributed by atoms with Gasteiger partial charge in [-0.25, -0.2) is 4.98 Å². The topological polar surface area (TPSA) is 90.3 Å². The largest absolute Gasteiger partial charge is 0.469 e. The number of amides is 1. The van der Waals surface area contributed by atoms with Gasteiger partial charge in [0.2, 0.25) is 5.91 Å². The zero-order valence-electron chi connectivity index (χ0n) is 16.7. The van der Waals surface area contributed by atoms with E-state index in [1.54, 1.807) is 6.07 Å². The number of nitrogens with one attached hydrogen (secondary N) is 1. The quantitative estimate of drug-likeness (QED) is 0.533. The fraction of sp³-hybridized carbons (Fsp3) is 0.273. The lowest BCUT2D eigenvalue weighted by Crippen LogP contribution is -2.32. The number of halogens is 1. The highest BCUT2D eigenvalue weighted by molar-refractivity contribution is 9.10. The fourth-order valence-electron chi connectivity index (χ4n) is 3.21. The normalized spacial score (nSPS) is 11.8. The van der Waals surface area contributed by atoms with Crippen molar-refractivity contribution < 1.29 is 14.3 Å². The lowest BCUT2D eigenvalue weighted by atomic mass is 10.0. The van der Waals surface area contributed by atoms with Crippen molar-refractivity contribution in [2.45, 2.75) is 32.4 Å². The maximum absolute atomic E-state index is 12.7. The van der Waals surface area contributed by atoms with Gasteiger partial charge in [0.15, 0.2) is 0 Å². The lowest BCUT2D eigenvalue weighted by molar-refractivity contribution is -0.141. The number of benzene rings is 2. The van der Waals surface area contributed by atoms with Crippen molar-refractivity contribution >= 4 is 38.7 Å². The van der Waals surface area contributed by atoms with Crippen LogP contribution in [0.5, 0.6) is 0 Å². The Kier molecular flexibility index (Phi) is 6.99. The summed E-state index contributed by atoms with van der Waals surface area (Å²) in [6, 6.07) is 12.3. The number of methoxy groups -OCH3 is 1. The predicted molar refractivity (Wildman–Crippen MR) is 117 cm³/mol. The summed E-state index contributed by atoms with van der Waals surface area (Å²) in [5, 5.41) is 3.39. The number of fused-ring (bicyclic) bond motifs is 1. The van der Waals surface area contributed by atoms with Gasteiger partial charge in [-0.15, -0.1) is 0 Å². The van der Waals surface area contributed by atoms with Crippen molar-refractivity contribution in [1.29, 1.82) is 0 Å². The van der Waals surface area contributed by atoms with Crippen LogP contribution in [0.25, 0.3) is 10.9 Å². The Balaban J connectivity index is 1.73. The lowest BCUT2D eigenvalue weighted by Gasteiger charge is -2.19. The zero-order chi connectivity index (χ0) is 21.7. The second-order valence-corrected chi connectivity index (χ2v) is 7.84. The monoisotopic (exact) mass is 471 g/mol. The van der Waals surface area contributed by atoms with E-state index in [1.165, 1.54) is 18.0 Å². The SMILES string of the molecule is COC(=O)CC(NC(=O)CCn1cnc2c(C)cccc2c1=O)c1cccc(Br)c1. The van der Waals surface area contributed by atoms with Gasteiger partial charge in [-0.05, 0) is 36.2 Å². The molecule has 0 radical (unpaired) electrons. The number of hydrogen-bond donors (Lipinski definition) is 1. The molecule has 0 saturated heterocycles. The van der Waals surface area contributed by atoms with Crippen LogP contribution in [-0.2, 0) is 20.9 Å². The van der Waals surface area contributed by atoms with Crippen LogP contribution in [0.3, 0.4) is 0 Å². The van der Waals surface area contributed by atoms with E-state index < -0.39 is 12.0 Å². The molecule has 1 unspecified atom stereocenters. The van der Waals surface area contributed by atoms with E-state index in [4.69, 9.17) is 4.74 Å². The van der Waals surface area contributed by atoms with Crippen LogP contribution >= 0.6 is 15.9 Å². The number of rotatable bonds is 7. The molecule has 30 heavy (non-hydrogen) atoms. The van der Waals surface area contributed by atoms with Gasteiger partial charge in [0.05, 0.1) is 36.8 Å². The van der Waals surface area contributed by atoms with Gasteiger partial charge in [-0.1, -0.05) is 40.2 Å². The van der Waals surface area contributed by atoms with E-state index in [9.17, 15) is 14.4 Å². The summed E-state index contributed by atoms with van der Waals surface area (Å²) in [5.74, 6) is -0.703. The second kappa shape index (κ2) is 9.67. The number of aromatic nitrogens is 2. The third kappa shape index (κ3) is 5.13. The Labute approximate surface area is 182 Å². The van der Waals surface area contributed by atoms with Crippen molar-refractivity contribution in [3.8, 4) is 0 Å². The zero-order valence-corrected chi connectivity index (χ0v) is 18.3. The molecule has 0 fully saturated rings. The van der Waals surface area contributed by atoms with Crippen LogP contribution in [0.15, 0.2) is 58.1 Å². The maximum Gasteiger partial charge on any atom is 0.307 e. The van der Waals surface area contributed by atoms with Crippen LogP contribution in [0.1, 0.15) is 30.0 Å². The Bertz CT molecular complexity index is 1140. The Morgan fingerprint density at radius 1 is 1.23 bits per heavy atom. The third-order valence-electron chi connectivity index (χ3n) is 4.82. The van der Waals surface area contributed by atoms with E-state index in [2.05, 4.69) is 26.2 Å². The van der Waals surface area contributed by atoms with Crippen molar-refractivity contribution in [2.24, 2.45) is 0 Å². The fourth-order valence-corrected chi connectivity index (χ4v) is 3.63. The number of esters is 1. The molecule has 0 aliphatic heterocycles. The summed E-state index contributed by atoms with van der Waals surface area (Å²) in [6.07, 6.45) is 1.55. The van der Waals surface area contributed by atoms with Gasteiger partial charge in [-0.3, -0.25) is 19.0 Å². The van der Waals surface area contributed by atoms with Gasteiger partial charge in [-0.2, -0.15) is 0 Å². The Morgan fingerprint density at radius 3 is 2.73 bits per heavy atom. The van der Waals surface area contributed by atoms with Crippen molar-refractivity contribution in [1.82, 2.24) is 14.9 Å². The van der Waals surface area contributed by atoms with Crippen LogP contribution in [0.2, 0.25) is 0 Å². The molecule has 1 aromatic heterocycles. The highest BCUT2D eigenvalue weighted by Gasteiger charge is 2.19. The first-order chi connectivity index (χ1) is 14.4. The Morgan fingerprint density at radius 2 is 2.00 bits per heavy atom. The van der Waals surface area contributed by atoms with Crippen molar-refractivity contribution in [3.05, 3.63) is 74.7 Å². The molecule has 0 saturated carbocycles. The van der Waals surface area contributed by atoms with Gasteiger partial charge in [0.25, 0.3) is 5.56 Å². The number of para-hydroxylation sites is 1. The van der Waals surface area contributed by atoms with Crippen LogP contribution in [0, 0.1) is 6.92 Å². The van der Waals surface area contributed by atoms with Crippen molar-refractivity contribution in [3.63, 3.8) is 0 Å². The van der Waals surface area contributed by atoms with Crippen LogP contribution in [-0.4, -0.2) is 28.5 Å². The van der Waals surface area contributed by atoms with E-state index in [0.717, 1.165) is 15.6 Å². The molecule has 2 aromatic carbocycles. The predicted octanol–water partition coefficient (Wildman–Crippen LogP) is 3.28. The summed E-state index contributed by atoms with van der Waals surface area (Å²) in [4.78, 5) is 41.4. The number of carbonyl (C=O) groups is 2. The molecule has 3 aromatic rings. The molecular weight excluding hydrogens is 450 g/mol. The smallest absolute Gasteiger partial charge is 0.307 e. The average Bonchev–Trinajstić information content (AvgIpc) is 2.73. The van der Waals surface area contributed by atoms with Gasteiger partial charge < -0.3 is 10.1 Å². The molecule has 3 rings (SSSR count). The molecular formula is C22H22BrN3O4. The molecule has 1 heterocycles. The van der Waals surface area contributed by atoms with Gasteiger partial charge >= 0.3 is 5.97 Å². The number of nitrogens with zero attached hydrogens (tertiary/aromatic N) is 2. The highest BCUT2D eigenvalue weighted by atomic mass is 79.9. The minimum absolute atomic E-state index is 0.00937. The average molecular weight is 472 g/mol. The highest BCUT2D eigenvalue weighted by Crippen LogP contribution is 2.21. The minimum atomic E-state index is -0.531. The molecule has 0 bridgehead atoms. The molecule has 0 aliphatic rings. The number of ether oxygens (including phenoxy) is 1. The van der Waals surface area contributed by atoms with E-state index in [0.29, 0.717) is 10.9 Å². The molecule has 0 spiro atoms. The van der Waals surface area contributed by atoms with Gasteiger partial charge in [0, 0.05) is 17.4 Å². The molecule has 156 valence electrons. The molecule has 1 amide bonds. The molecule has 8 heteroatoms. The molecule has 7 nitrogen and oxygen atoms in total. The Hall–Kier alpha value is -3.00. The third-order valence-corrected chi connectivity index (χ3v) is 5.31. The molecule has 1 atom stereocenters. The second-order valence-electron chi connectivity index (χ2n) is 6.92. The number of hydrogen-bond acceptors (Lipinski definition) is 5. The van der Waals surface area contributed by atoms with E-state index in [-0.39, 0.29) is 30.9 Å². The summed E-state index contributed by atoms with van der Waals surface area (Å²) >= 11 is 3.40. The summed E-state index contributed by atoms with van der Waals surface area (Å²) in [6.45, 7) is 2.08. The first-order valence-electron chi connectivity index (χ1n) is 9.45. The van der Waals surface area contributed by atoms with E-state index in [1.807, 2.05) is 43.3 Å². The summed E-state index contributed by atoms with van der Waals surface area (Å²) < 4.78 is 7.02. The molecule has 0 aliphatic carbocycles. The van der Waals surface area contributed by atoms with Crippen molar-refractivity contribution in [2.75, 3.05) is 7.11 Å². The molecule has 1 N–H and O–H groups in total. The number of aryl methyl sites for hydroxylation is 2. The maximum atomic E-state index is 12.7. The van der Waals surface area contributed by atoms with Crippen LogP contribution in [0.4, 0.5) is 0 Å². The summed E-state index contributed by atoms with van der Waals surface area (Å²) in [7, 11) is 1.31. The number of carbonyl (C=O) groups excluding carboxylic acids is 2. The minimum Gasteiger partial charge on any atom is -0.469 e. The standard InChI is InChI=1S/C22H22BrN3O4/c1-14-5-3-8-17-21(14)24-13-26(22(17)29)10-9-19(27)25-18(12-20(28)30-2)15-6-4-7-16(23)11-15/h3-8,11,13,18H,9-10,12H2,1-2H3,(H,25,27). The van der Waals surface area contributed by atoms with E-state index >= 15 is 0 Å². The van der Waals surface area contributed by atoms with Crippen LogP contribution < -0.4 is 10.9 Å². The van der Waals surface area contributed by atoms with Gasteiger partial charge in [0.1, 0.15) is 0 Å².